The maximum absolute atomic E-state index is 12.0. The van der Waals surface area contributed by atoms with Crippen molar-refractivity contribution in [1.29, 1.82) is 0 Å². The lowest BCUT2D eigenvalue weighted by Gasteiger charge is -2.26. The Kier molecular flexibility index (Phi) is 3.43. The van der Waals surface area contributed by atoms with E-state index in [0.29, 0.717) is 4.90 Å². The second-order valence-corrected chi connectivity index (χ2v) is 4.74. The van der Waals surface area contributed by atoms with Gasteiger partial charge in [-0.15, -0.1) is 0 Å². The van der Waals surface area contributed by atoms with Crippen molar-refractivity contribution in [2.75, 3.05) is 6.61 Å². The number of imide groups is 1. The maximum Gasteiger partial charge on any atom is 0.417 e. The summed E-state index contributed by atoms with van der Waals surface area (Å²) in [7, 11) is 0. The molecule has 3 atom stereocenters. The van der Waals surface area contributed by atoms with Gasteiger partial charge >= 0.3 is 12.1 Å². The third-order valence-electron chi connectivity index (χ3n) is 2.05. The van der Waals surface area contributed by atoms with Crippen LogP contribution in [0.25, 0.3) is 0 Å². The first-order chi connectivity index (χ1) is 9.10. The largest absolute Gasteiger partial charge is 0.464 e. The fourth-order valence-corrected chi connectivity index (χ4v) is 1.40. The van der Waals surface area contributed by atoms with E-state index in [9.17, 15) is 14.4 Å². The summed E-state index contributed by atoms with van der Waals surface area (Å²) in [4.78, 5) is 36.2. The Hall–Kier alpha value is -1.59. The van der Waals surface area contributed by atoms with Gasteiger partial charge < -0.3 is 9.47 Å². The summed E-state index contributed by atoms with van der Waals surface area (Å²) in [6.07, 6.45) is -3.92. The van der Waals surface area contributed by atoms with Crippen LogP contribution in [0.5, 0.6) is 0 Å². The van der Waals surface area contributed by atoms with E-state index in [-0.39, 0.29) is 6.61 Å². The van der Waals surface area contributed by atoms with Crippen LogP contribution < -0.4 is 0 Å². The predicted octanol–water partition coefficient (Wildman–Crippen LogP) is 1.48. The summed E-state index contributed by atoms with van der Waals surface area (Å²) in [6.45, 7) is 6.47. The zero-order valence-corrected chi connectivity index (χ0v) is 10.9. The van der Waals surface area contributed by atoms with Gasteiger partial charge in [0.25, 0.3) is 0 Å². The van der Waals surface area contributed by atoms with Crippen LogP contribution >= 0.6 is 0 Å². The monoisotopic (exact) mass is 259 g/mol. The van der Waals surface area contributed by atoms with Crippen molar-refractivity contribution in [1.82, 2.24) is 4.90 Å². The molecule has 6 heteroatoms. The number of likely N-dealkylation sites (tertiary alicyclic amines) is 1. The van der Waals surface area contributed by atoms with E-state index in [1.54, 1.807) is 27.7 Å². The summed E-state index contributed by atoms with van der Waals surface area (Å²) in [6, 6.07) is -1.43. The Morgan fingerprint density at radius 1 is 1.50 bits per heavy atom. The van der Waals surface area contributed by atoms with Crippen LogP contribution in [-0.2, 0) is 19.1 Å². The Bertz CT molecular complexity index is 421. The van der Waals surface area contributed by atoms with Crippen molar-refractivity contribution < 1.29 is 26.6 Å². The van der Waals surface area contributed by atoms with Gasteiger partial charge in [-0.25, -0.2) is 14.5 Å². The smallest absolute Gasteiger partial charge is 0.417 e. The highest BCUT2D eigenvalue weighted by Gasteiger charge is 2.43. The lowest BCUT2D eigenvalue weighted by molar-refractivity contribution is -0.150. The highest BCUT2D eigenvalue weighted by atomic mass is 16.6. The second-order valence-electron chi connectivity index (χ2n) is 4.74. The lowest BCUT2D eigenvalue weighted by atomic mass is 10.2. The predicted molar refractivity (Wildman–Crippen MR) is 62.7 cm³/mol. The molecule has 1 rings (SSSR count). The Labute approximate surface area is 109 Å². The molecule has 1 aliphatic heterocycles. The SMILES string of the molecule is [2H][C@@H]1[C@@H](C(=O)OCC)N(C(=O)OC(C)(C)C)C(=O)[C@@H]1[2H]. The minimum atomic E-state index is -1.50. The fourth-order valence-electron chi connectivity index (χ4n) is 1.40. The molecule has 0 aromatic heterocycles. The maximum atomic E-state index is 12.0. The van der Waals surface area contributed by atoms with Crippen molar-refractivity contribution in [2.45, 2.75) is 52.1 Å². The fraction of sp³-hybridized carbons (Fsp3) is 0.750. The molecule has 0 radical (unpaired) electrons. The number of carbonyl (C=O) groups excluding carboxylic acids is 3. The normalized spacial score (nSPS) is 29.7. The zero-order valence-electron chi connectivity index (χ0n) is 12.9. The third kappa shape index (κ3) is 3.45. The number of ether oxygens (including phenoxy) is 2. The number of nitrogens with zero attached hydrogens (tertiary/aromatic N) is 1. The number of hydrogen-bond acceptors (Lipinski definition) is 5. The molecule has 102 valence electrons. The Morgan fingerprint density at radius 3 is 2.61 bits per heavy atom. The first kappa shape index (κ1) is 11.5. The molecular weight excluding hydrogens is 238 g/mol. The Morgan fingerprint density at radius 2 is 2.11 bits per heavy atom. The van der Waals surface area contributed by atoms with E-state index < -0.39 is 42.4 Å². The molecule has 0 aromatic carbocycles. The molecule has 0 saturated carbocycles. The molecule has 2 amide bonds. The molecular formula is C12H19NO5. The Balaban J connectivity index is 3.02. The molecule has 0 aromatic rings. The van der Waals surface area contributed by atoms with E-state index in [2.05, 4.69) is 0 Å². The van der Waals surface area contributed by atoms with Gasteiger partial charge in [0.1, 0.15) is 11.6 Å². The third-order valence-corrected chi connectivity index (χ3v) is 2.05. The van der Waals surface area contributed by atoms with E-state index in [0.717, 1.165) is 0 Å². The summed E-state index contributed by atoms with van der Waals surface area (Å²) in [5.41, 5.74) is -0.853. The van der Waals surface area contributed by atoms with Crippen LogP contribution in [0.2, 0.25) is 0 Å². The molecule has 0 aliphatic carbocycles. The molecule has 0 unspecified atom stereocenters. The van der Waals surface area contributed by atoms with Crippen LogP contribution in [0.4, 0.5) is 4.79 Å². The van der Waals surface area contributed by atoms with Crippen molar-refractivity contribution in [2.24, 2.45) is 0 Å². The van der Waals surface area contributed by atoms with Crippen molar-refractivity contribution in [3.05, 3.63) is 0 Å². The van der Waals surface area contributed by atoms with Gasteiger partial charge in [0, 0.05) is 9.14 Å². The number of esters is 1. The highest BCUT2D eigenvalue weighted by molar-refractivity contribution is 5.99. The molecule has 1 fully saturated rings. The van der Waals surface area contributed by atoms with Crippen LogP contribution in [0, 0.1) is 0 Å². The van der Waals surface area contributed by atoms with Crippen molar-refractivity contribution in [3.63, 3.8) is 0 Å². The molecule has 0 spiro atoms. The van der Waals surface area contributed by atoms with E-state index in [1.807, 2.05) is 0 Å². The van der Waals surface area contributed by atoms with Gasteiger partial charge in [-0.2, -0.15) is 0 Å². The van der Waals surface area contributed by atoms with Crippen LogP contribution in [-0.4, -0.2) is 41.1 Å². The minimum absolute atomic E-state index is 0.0566. The molecule has 1 aliphatic rings. The molecule has 6 nitrogen and oxygen atoms in total. The average molecular weight is 259 g/mol. The summed E-state index contributed by atoms with van der Waals surface area (Å²) < 4.78 is 25.1. The summed E-state index contributed by atoms with van der Waals surface area (Å²) >= 11 is 0. The molecule has 1 saturated heterocycles. The number of hydrogen-bond donors (Lipinski definition) is 0. The molecule has 1 heterocycles. The molecule has 18 heavy (non-hydrogen) atoms. The van der Waals surface area contributed by atoms with E-state index in [1.165, 1.54) is 0 Å². The highest BCUT2D eigenvalue weighted by Crippen LogP contribution is 2.22. The molecule has 0 bridgehead atoms. The van der Waals surface area contributed by atoms with Crippen LogP contribution in [0.3, 0.4) is 0 Å². The van der Waals surface area contributed by atoms with Gasteiger partial charge in [0.15, 0.2) is 0 Å². The summed E-state index contributed by atoms with van der Waals surface area (Å²) in [5.74, 6) is -1.79. The number of rotatable bonds is 2. The van der Waals surface area contributed by atoms with E-state index in [4.69, 9.17) is 12.2 Å². The number of carbonyl (C=O) groups is 3. The van der Waals surface area contributed by atoms with E-state index >= 15 is 0 Å². The second kappa shape index (κ2) is 5.37. The van der Waals surface area contributed by atoms with Gasteiger partial charge in [-0.05, 0) is 34.1 Å². The quantitative estimate of drug-likeness (QED) is 0.702. The lowest BCUT2D eigenvalue weighted by Crippen LogP contribution is -2.46. The molecule has 0 N–H and O–H groups in total. The number of amides is 2. The van der Waals surface area contributed by atoms with Gasteiger partial charge in [-0.3, -0.25) is 4.79 Å². The topological polar surface area (TPSA) is 72.9 Å². The van der Waals surface area contributed by atoms with Gasteiger partial charge in [0.05, 0.1) is 6.61 Å². The van der Waals surface area contributed by atoms with Crippen molar-refractivity contribution >= 4 is 18.0 Å². The van der Waals surface area contributed by atoms with Crippen molar-refractivity contribution in [3.8, 4) is 0 Å². The average Bonchev–Trinajstić information content (AvgIpc) is 2.51. The van der Waals surface area contributed by atoms with Gasteiger partial charge in [-0.1, -0.05) is 0 Å². The van der Waals surface area contributed by atoms with Gasteiger partial charge in [0.2, 0.25) is 5.91 Å². The summed E-state index contributed by atoms with van der Waals surface area (Å²) in [5, 5.41) is 0. The van der Waals surface area contributed by atoms with Crippen LogP contribution in [0.15, 0.2) is 0 Å². The zero-order chi connectivity index (χ0) is 15.7. The minimum Gasteiger partial charge on any atom is -0.464 e. The first-order valence-electron chi connectivity index (χ1n) is 6.82. The van der Waals surface area contributed by atoms with Crippen LogP contribution in [0.1, 0.15) is 43.2 Å². The first-order valence-corrected chi connectivity index (χ1v) is 5.67. The standard InChI is InChI=1S/C12H19NO5/c1-5-17-10(15)8-6-7-9(14)13(8)11(16)18-12(2,3)4/h8H,5-7H2,1-4H3/t8-/m0/s1/i6D,7D/t6-,7+,8-.